The Morgan fingerprint density at radius 3 is 2.43 bits per heavy atom. The first-order valence-corrected chi connectivity index (χ1v) is 7.21. The number of ketones is 1. The second-order valence-electron chi connectivity index (χ2n) is 5.48. The van der Waals surface area contributed by atoms with Crippen LogP contribution in [0.2, 0.25) is 0 Å². The number of nitrogens with zero attached hydrogens (tertiary/aromatic N) is 1. The van der Waals surface area contributed by atoms with Crippen LogP contribution in [0.15, 0.2) is 48.5 Å². The molecule has 0 aliphatic rings. The molecule has 0 radical (unpaired) electrons. The molecule has 2 rings (SSSR count). The third kappa shape index (κ3) is 3.92. The molecule has 2 aromatic rings. The summed E-state index contributed by atoms with van der Waals surface area (Å²) in [6.45, 7) is 0.979. The maximum atomic E-state index is 12.7. The van der Waals surface area contributed by atoms with Crippen molar-refractivity contribution in [3.63, 3.8) is 0 Å². The minimum Gasteiger partial charge on any atom is -0.398 e. The standard InChI is InChI=1S/C18H22N2O/c1-20(2)13-7-11-15-16(10-6-12-17(15)19)18(21)14-8-4-3-5-9-14/h3-6,8-10,12H,7,11,13,19H2,1-2H3. The second-order valence-corrected chi connectivity index (χ2v) is 5.48. The molecule has 0 spiro atoms. The van der Waals surface area contributed by atoms with Crippen molar-refractivity contribution < 1.29 is 4.79 Å². The zero-order chi connectivity index (χ0) is 15.2. The van der Waals surface area contributed by atoms with E-state index in [1.54, 1.807) is 0 Å². The molecule has 3 heteroatoms. The number of hydrogen-bond acceptors (Lipinski definition) is 3. The van der Waals surface area contributed by atoms with Crippen molar-refractivity contribution in [2.24, 2.45) is 0 Å². The number of rotatable bonds is 6. The highest BCUT2D eigenvalue weighted by molar-refractivity contribution is 6.10. The summed E-state index contributed by atoms with van der Waals surface area (Å²) in [6.07, 6.45) is 1.80. The van der Waals surface area contributed by atoms with Crippen molar-refractivity contribution in [3.8, 4) is 0 Å². The van der Waals surface area contributed by atoms with Gasteiger partial charge in [-0.1, -0.05) is 42.5 Å². The molecule has 0 atom stereocenters. The largest absolute Gasteiger partial charge is 0.398 e. The second kappa shape index (κ2) is 7.04. The maximum absolute atomic E-state index is 12.7. The minimum absolute atomic E-state index is 0.0442. The van der Waals surface area contributed by atoms with E-state index in [0.717, 1.165) is 30.5 Å². The Hall–Kier alpha value is -2.13. The van der Waals surface area contributed by atoms with Crippen LogP contribution in [-0.2, 0) is 6.42 Å². The van der Waals surface area contributed by atoms with Gasteiger partial charge in [-0.15, -0.1) is 0 Å². The summed E-state index contributed by atoms with van der Waals surface area (Å²) in [5, 5.41) is 0. The fraction of sp³-hybridized carbons (Fsp3) is 0.278. The van der Waals surface area contributed by atoms with Gasteiger partial charge in [0.05, 0.1) is 0 Å². The third-order valence-corrected chi connectivity index (χ3v) is 3.52. The maximum Gasteiger partial charge on any atom is 0.193 e. The number of carbonyl (C=O) groups is 1. The quantitative estimate of drug-likeness (QED) is 0.654. The molecule has 3 nitrogen and oxygen atoms in total. The first kappa shape index (κ1) is 15.3. The summed E-state index contributed by atoms with van der Waals surface area (Å²) >= 11 is 0. The summed E-state index contributed by atoms with van der Waals surface area (Å²) in [5.41, 5.74) is 9.19. The minimum atomic E-state index is 0.0442. The van der Waals surface area contributed by atoms with Crippen LogP contribution in [0.5, 0.6) is 0 Å². The predicted molar refractivity (Wildman–Crippen MR) is 87.6 cm³/mol. The summed E-state index contributed by atoms with van der Waals surface area (Å²) in [4.78, 5) is 14.8. The van der Waals surface area contributed by atoms with Gasteiger partial charge in [0.1, 0.15) is 0 Å². The molecule has 0 aliphatic carbocycles. The molecule has 0 saturated carbocycles. The van der Waals surface area contributed by atoms with Crippen LogP contribution in [0.4, 0.5) is 5.69 Å². The van der Waals surface area contributed by atoms with E-state index in [2.05, 4.69) is 4.90 Å². The van der Waals surface area contributed by atoms with Crippen LogP contribution in [0.3, 0.4) is 0 Å². The lowest BCUT2D eigenvalue weighted by Gasteiger charge is -2.14. The highest BCUT2D eigenvalue weighted by Crippen LogP contribution is 2.22. The molecular weight excluding hydrogens is 260 g/mol. The van der Waals surface area contributed by atoms with Crippen molar-refractivity contribution >= 4 is 11.5 Å². The predicted octanol–water partition coefficient (Wildman–Crippen LogP) is 2.99. The smallest absolute Gasteiger partial charge is 0.193 e. The van der Waals surface area contributed by atoms with Gasteiger partial charge >= 0.3 is 0 Å². The zero-order valence-electron chi connectivity index (χ0n) is 12.7. The third-order valence-electron chi connectivity index (χ3n) is 3.52. The molecule has 0 saturated heterocycles. The van der Waals surface area contributed by atoms with Gasteiger partial charge < -0.3 is 10.6 Å². The SMILES string of the molecule is CN(C)CCCc1c(N)cccc1C(=O)c1ccccc1. The average Bonchev–Trinajstić information content (AvgIpc) is 2.48. The Kier molecular flexibility index (Phi) is 5.12. The van der Waals surface area contributed by atoms with Gasteiger partial charge in [-0.05, 0) is 45.1 Å². The molecule has 0 fully saturated rings. The van der Waals surface area contributed by atoms with E-state index < -0.39 is 0 Å². The highest BCUT2D eigenvalue weighted by atomic mass is 16.1. The Labute approximate surface area is 126 Å². The average molecular weight is 282 g/mol. The van der Waals surface area contributed by atoms with Gasteiger partial charge in [-0.3, -0.25) is 4.79 Å². The van der Waals surface area contributed by atoms with Crippen LogP contribution >= 0.6 is 0 Å². The van der Waals surface area contributed by atoms with Crippen molar-refractivity contribution in [1.82, 2.24) is 4.90 Å². The van der Waals surface area contributed by atoms with Gasteiger partial charge in [0.2, 0.25) is 0 Å². The van der Waals surface area contributed by atoms with E-state index in [-0.39, 0.29) is 5.78 Å². The number of carbonyl (C=O) groups excluding carboxylic acids is 1. The van der Waals surface area contributed by atoms with Crippen LogP contribution in [0.1, 0.15) is 27.9 Å². The van der Waals surface area contributed by atoms with Crippen LogP contribution in [0.25, 0.3) is 0 Å². The number of benzene rings is 2. The van der Waals surface area contributed by atoms with E-state index in [1.807, 2.05) is 62.6 Å². The number of nitrogen functional groups attached to an aromatic ring is 1. The van der Waals surface area contributed by atoms with Gasteiger partial charge in [-0.2, -0.15) is 0 Å². The fourth-order valence-corrected chi connectivity index (χ4v) is 2.41. The number of anilines is 1. The highest BCUT2D eigenvalue weighted by Gasteiger charge is 2.15. The topological polar surface area (TPSA) is 46.3 Å². The first-order valence-electron chi connectivity index (χ1n) is 7.21. The van der Waals surface area contributed by atoms with E-state index in [4.69, 9.17) is 5.73 Å². The Morgan fingerprint density at radius 1 is 1.05 bits per heavy atom. The lowest BCUT2D eigenvalue weighted by Crippen LogP contribution is -2.15. The Balaban J connectivity index is 2.27. The summed E-state index contributed by atoms with van der Waals surface area (Å²) < 4.78 is 0. The first-order chi connectivity index (χ1) is 10.1. The van der Waals surface area contributed by atoms with Gasteiger partial charge in [0.15, 0.2) is 5.78 Å². The van der Waals surface area contributed by atoms with Crippen molar-refractivity contribution in [3.05, 3.63) is 65.2 Å². The van der Waals surface area contributed by atoms with E-state index in [1.165, 1.54) is 0 Å². The zero-order valence-corrected chi connectivity index (χ0v) is 12.7. The molecule has 110 valence electrons. The van der Waals surface area contributed by atoms with Crippen LogP contribution < -0.4 is 5.73 Å². The van der Waals surface area contributed by atoms with Crippen molar-refractivity contribution in [2.75, 3.05) is 26.4 Å². The van der Waals surface area contributed by atoms with Crippen molar-refractivity contribution in [2.45, 2.75) is 12.8 Å². The fourth-order valence-electron chi connectivity index (χ4n) is 2.41. The monoisotopic (exact) mass is 282 g/mol. The lowest BCUT2D eigenvalue weighted by atomic mass is 9.94. The Bertz CT molecular complexity index is 606. The number of nitrogens with two attached hydrogens (primary N) is 1. The molecule has 21 heavy (non-hydrogen) atoms. The normalized spacial score (nSPS) is 10.8. The van der Waals surface area contributed by atoms with E-state index in [0.29, 0.717) is 11.3 Å². The Morgan fingerprint density at radius 2 is 1.76 bits per heavy atom. The summed E-state index contributed by atoms with van der Waals surface area (Å²) in [5.74, 6) is 0.0442. The molecule has 0 unspecified atom stereocenters. The molecule has 0 amide bonds. The summed E-state index contributed by atoms with van der Waals surface area (Å²) in [6, 6.07) is 14.9. The molecule has 0 aromatic heterocycles. The van der Waals surface area contributed by atoms with Crippen molar-refractivity contribution in [1.29, 1.82) is 0 Å². The summed E-state index contributed by atoms with van der Waals surface area (Å²) in [7, 11) is 4.09. The van der Waals surface area contributed by atoms with Gasteiger partial charge in [0.25, 0.3) is 0 Å². The van der Waals surface area contributed by atoms with E-state index >= 15 is 0 Å². The van der Waals surface area contributed by atoms with Gasteiger partial charge in [0, 0.05) is 16.8 Å². The van der Waals surface area contributed by atoms with E-state index in [9.17, 15) is 4.79 Å². The number of hydrogen-bond donors (Lipinski definition) is 1. The molecular formula is C18H22N2O. The van der Waals surface area contributed by atoms with Crippen LogP contribution in [0, 0.1) is 0 Å². The lowest BCUT2D eigenvalue weighted by molar-refractivity contribution is 0.103. The molecule has 0 bridgehead atoms. The molecule has 0 heterocycles. The molecule has 2 N–H and O–H groups in total. The van der Waals surface area contributed by atoms with Gasteiger partial charge in [-0.25, -0.2) is 0 Å². The molecule has 0 aliphatic heterocycles. The van der Waals surface area contributed by atoms with Crippen LogP contribution in [-0.4, -0.2) is 31.3 Å². The molecule has 2 aromatic carbocycles.